The molecule has 1 aliphatic heterocycles. The Labute approximate surface area is 200 Å². The lowest BCUT2D eigenvalue weighted by Crippen LogP contribution is -2.32. The quantitative estimate of drug-likeness (QED) is 0.435. The van der Waals surface area contributed by atoms with Crippen LogP contribution in [0.2, 0.25) is 0 Å². The summed E-state index contributed by atoms with van der Waals surface area (Å²) in [6.07, 6.45) is 1.35. The minimum atomic E-state index is -0.951. The Hall–Kier alpha value is -3.85. The fourth-order valence-electron chi connectivity index (χ4n) is 3.93. The number of fused-ring (bicyclic) bond motifs is 1. The molecule has 2 aliphatic rings. The first-order valence-corrected chi connectivity index (χ1v) is 11.9. The highest BCUT2D eigenvalue weighted by molar-refractivity contribution is 7.12. The number of carbonyl (C=O) groups excluding carboxylic acids is 1. The molecule has 1 aliphatic carbocycles. The molecule has 1 amide bonds. The number of benzene rings is 2. The molecule has 8 nitrogen and oxygen atoms in total. The highest BCUT2D eigenvalue weighted by Crippen LogP contribution is 2.50. The van der Waals surface area contributed by atoms with Crippen LogP contribution in [-0.4, -0.2) is 33.0 Å². The third-order valence-corrected chi connectivity index (χ3v) is 7.47. The molecule has 6 rings (SSSR count). The second kappa shape index (κ2) is 7.88. The SMILES string of the molecule is Cc1sc(C2(C)CC2)nc1-c1nnc(NC2N=C(c3ccccc3)c3ccccc3NC2=O)o1. The lowest BCUT2D eigenvalue weighted by molar-refractivity contribution is -0.116. The molecule has 0 spiro atoms. The van der Waals surface area contributed by atoms with Crippen LogP contribution < -0.4 is 10.6 Å². The Morgan fingerprint density at radius 2 is 1.85 bits per heavy atom. The van der Waals surface area contributed by atoms with Crippen LogP contribution in [0.3, 0.4) is 0 Å². The lowest BCUT2D eigenvalue weighted by atomic mass is 10.0. The molecule has 1 atom stereocenters. The number of benzodiazepines with no additional fused rings is 1. The molecule has 2 N–H and O–H groups in total. The number of rotatable bonds is 5. The van der Waals surface area contributed by atoms with E-state index in [0.717, 1.165) is 33.9 Å². The van der Waals surface area contributed by atoms with Crippen LogP contribution in [0, 0.1) is 6.92 Å². The van der Waals surface area contributed by atoms with Crippen molar-refractivity contribution in [2.75, 3.05) is 10.6 Å². The number of nitrogens with one attached hydrogen (secondary N) is 2. The van der Waals surface area contributed by atoms with Gasteiger partial charge in [-0.2, -0.15) is 0 Å². The van der Waals surface area contributed by atoms with E-state index in [1.54, 1.807) is 11.3 Å². The van der Waals surface area contributed by atoms with Crippen LogP contribution in [0.25, 0.3) is 11.6 Å². The molecule has 9 heteroatoms. The van der Waals surface area contributed by atoms with Gasteiger partial charge in [0.2, 0.25) is 6.17 Å². The number of hydrogen-bond donors (Lipinski definition) is 2. The number of carbonyl (C=O) groups is 1. The van der Waals surface area contributed by atoms with Crippen molar-refractivity contribution in [2.45, 2.75) is 38.3 Å². The van der Waals surface area contributed by atoms with E-state index in [-0.39, 0.29) is 17.3 Å². The molecule has 4 aromatic rings. The molecule has 1 fully saturated rings. The van der Waals surface area contributed by atoms with Gasteiger partial charge < -0.3 is 15.1 Å². The van der Waals surface area contributed by atoms with Crippen LogP contribution in [0.1, 0.15) is 40.8 Å². The predicted molar refractivity (Wildman–Crippen MR) is 131 cm³/mol. The van der Waals surface area contributed by atoms with Crippen molar-refractivity contribution in [1.29, 1.82) is 0 Å². The maximum atomic E-state index is 13.0. The average molecular weight is 471 g/mol. The number of amides is 1. The van der Waals surface area contributed by atoms with E-state index in [1.165, 1.54) is 0 Å². The number of thiazole rings is 1. The number of aliphatic imine (C=N–C) groups is 1. The van der Waals surface area contributed by atoms with Crippen molar-refractivity contribution in [2.24, 2.45) is 4.99 Å². The molecule has 170 valence electrons. The van der Waals surface area contributed by atoms with Gasteiger partial charge in [0, 0.05) is 21.4 Å². The fraction of sp³-hybridized carbons (Fsp3) is 0.240. The highest BCUT2D eigenvalue weighted by Gasteiger charge is 2.42. The first-order valence-electron chi connectivity index (χ1n) is 11.1. The summed E-state index contributed by atoms with van der Waals surface area (Å²) in [5, 5.41) is 15.3. The van der Waals surface area contributed by atoms with Crippen molar-refractivity contribution in [3.8, 4) is 11.6 Å². The van der Waals surface area contributed by atoms with Crippen LogP contribution >= 0.6 is 11.3 Å². The lowest BCUT2D eigenvalue weighted by Gasteiger charge is -2.11. The average Bonchev–Trinajstić information content (AvgIpc) is 3.27. The zero-order valence-corrected chi connectivity index (χ0v) is 19.5. The van der Waals surface area contributed by atoms with Crippen molar-refractivity contribution in [3.05, 3.63) is 75.6 Å². The number of aryl methyl sites for hydroxylation is 1. The van der Waals surface area contributed by atoms with Gasteiger partial charge >= 0.3 is 6.01 Å². The topological polar surface area (TPSA) is 105 Å². The van der Waals surface area contributed by atoms with Crippen molar-refractivity contribution < 1.29 is 9.21 Å². The summed E-state index contributed by atoms with van der Waals surface area (Å²) in [7, 11) is 0. The van der Waals surface area contributed by atoms with Gasteiger partial charge in [0.05, 0.1) is 16.4 Å². The maximum Gasteiger partial charge on any atom is 0.317 e. The monoisotopic (exact) mass is 470 g/mol. The van der Waals surface area contributed by atoms with Gasteiger partial charge in [-0.05, 0) is 25.8 Å². The van der Waals surface area contributed by atoms with Gasteiger partial charge in [-0.25, -0.2) is 9.98 Å². The van der Waals surface area contributed by atoms with Gasteiger partial charge in [-0.15, -0.1) is 16.4 Å². The molecule has 0 saturated heterocycles. The van der Waals surface area contributed by atoms with Crippen molar-refractivity contribution in [1.82, 2.24) is 15.2 Å². The summed E-state index contributed by atoms with van der Waals surface area (Å²) in [5.74, 6) is 0.0169. The van der Waals surface area contributed by atoms with Crippen LogP contribution in [0.15, 0.2) is 64.0 Å². The Bertz CT molecular complexity index is 1420. The number of para-hydroxylation sites is 1. The summed E-state index contributed by atoms with van der Waals surface area (Å²) in [4.78, 5) is 23.6. The molecule has 2 aromatic carbocycles. The molecule has 1 unspecified atom stereocenters. The van der Waals surface area contributed by atoms with E-state index in [1.807, 2.05) is 61.5 Å². The standard InChI is InChI=1S/C25H22N6O2S/c1-14-18(28-23(34-14)25(2)12-13-25)22-30-31-24(33-22)29-20-21(32)26-17-11-7-6-10-16(17)19(27-20)15-8-4-3-5-9-15/h3-11,20H,12-13H2,1-2H3,(H,26,32)(H,29,31). The molecule has 3 heterocycles. The second-order valence-electron chi connectivity index (χ2n) is 8.82. The minimum Gasteiger partial charge on any atom is -0.402 e. The third-order valence-electron chi connectivity index (χ3n) is 6.19. The number of nitrogens with zero attached hydrogens (tertiary/aromatic N) is 4. The smallest absolute Gasteiger partial charge is 0.317 e. The Kier molecular flexibility index (Phi) is 4.80. The third kappa shape index (κ3) is 3.67. The van der Waals surface area contributed by atoms with E-state index in [0.29, 0.717) is 23.0 Å². The normalized spacial score (nSPS) is 18.5. The van der Waals surface area contributed by atoms with E-state index in [9.17, 15) is 4.79 Å². The van der Waals surface area contributed by atoms with Crippen molar-refractivity contribution in [3.63, 3.8) is 0 Å². The van der Waals surface area contributed by atoms with E-state index >= 15 is 0 Å². The summed E-state index contributed by atoms with van der Waals surface area (Å²) >= 11 is 1.67. The van der Waals surface area contributed by atoms with Gasteiger partial charge in [0.25, 0.3) is 11.8 Å². The summed E-state index contributed by atoms with van der Waals surface area (Å²) < 4.78 is 5.87. The zero-order chi connectivity index (χ0) is 23.3. The molecular weight excluding hydrogens is 448 g/mol. The van der Waals surface area contributed by atoms with Crippen LogP contribution in [-0.2, 0) is 10.2 Å². The van der Waals surface area contributed by atoms with Gasteiger partial charge in [-0.1, -0.05) is 60.6 Å². The van der Waals surface area contributed by atoms with Gasteiger partial charge in [0.1, 0.15) is 5.69 Å². The van der Waals surface area contributed by atoms with E-state index in [4.69, 9.17) is 14.4 Å². The highest BCUT2D eigenvalue weighted by atomic mass is 32.1. The van der Waals surface area contributed by atoms with Crippen LogP contribution in [0.4, 0.5) is 11.7 Å². The summed E-state index contributed by atoms with van der Waals surface area (Å²) in [6, 6.07) is 17.5. The number of anilines is 2. The molecule has 0 bridgehead atoms. The summed E-state index contributed by atoms with van der Waals surface area (Å²) in [6.45, 7) is 4.23. The Morgan fingerprint density at radius 3 is 2.65 bits per heavy atom. The second-order valence-corrected chi connectivity index (χ2v) is 10.0. The first-order chi connectivity index (χ1) is 16.5. The zero-order valence-electron chi connectivity index (χ0n) is 18.7. The predicted octanol–water partition coefficient (Wildman–Crippen LogP) is 4.78. The minimum absolute atomic E-state index is 0.115. The molecule has 34 heavy (non-hydrogen) atoms. The molecule has 2 aromatic heterocycles. The summed E-state index contributed by atoms with van der Waals surface area (Å²) in [5.41, 5.74) is 4.01. The van der Waals surface area contributed by atoms with Gasteiger partial charge in [-0.3, -0.25) is 4.79 Å². The number of hydrogen-bond acceptors (Lipinski definition) is 8. The van der Waals surface area contributed by atoms with Gasteiger partial charge in [0.15, 0.2) is 0 Å². The van der Waals surface area contributed by atoms with E-state index in [2.05, 4.69) is 27.8 Å². The molecular formula is C25H22N6O2S. The van der Waals surface area contributed by atoms with E-state index < -0.39 is 6.17 Å². The fourth-order valence-corrected chi connectivity index (χ4v) is 5.04. The largest absolute Gasteiger partial charge is 0.402 e. The van der Waals surface area contributed by atoms with Crippen LogP contribution in [0.5, 0.6) is 0 Å². The van der Waals surface area contributed by atoms with Crippen molar-refractivity contribution >= 4 is 34.7 Å². The molecule has 0 radical (unpaired) electrons. The Morgan fingerprint density at radius 1 is 1.09 bits per heavy atom. The Balaban J connectivity index is 1.32. The number of aromatic nitrogens is 3. The maximum absolute atomic E-state index is 13.0. The molecule has 1 saturated carbocycles. The first kappa shape index (κ1) is 20.7.